The van der Waals surface area contributed by atoms with E-state index in [0.29, 0.717) is 6.04 Å². The van der Waals surface area contributed by atoms with E-state index in [2.05, 4.69) is 40.7 Å². The van der Waals surface area contributed by atoms with Crippen molar-refractivity contribution in [2.75, 3.05) is 18.4 Å². The quantitative estimate of drug-likeness (QED) is 0.836. The number of nitrogens with one attached hydrogen (secondary N) is 2. The van der Waals surface area contributed by atoms with Gasteiger partial charge < -0.3 is 10.6 Å². The van der Waals surface area contributed by atoms with Crippen molar-refractivity contribution in [1.82, 2.24) is 10.3 Å². The molecule has 2 N–H and O–H groups in total. The summed E-state index contributed by atoms with van der Waals surface area (Å²) < 4.78 is 1.27. The van der Waals surface area contributed by atoms with E-state index in [1.165, 1.54) is 16.8 Å². The highest BCUT2D eigenvalue weighted by Gasteiger charge is 2.13. The van der Waals surface area contributed by atoms with Gasteiger partial charge in [-0.2, -0.15) is 0 Å². The van der Waals surface area contributed by atoms with Crippen LogP contribution in [0.2, 0.25) is 0 Å². The van der Waals surface area contributed by atoms with Crippen LogP contribution in [0.1, 0.15) is 11.4 Å². The van der Waals surface area contributed by atoms with Crippen LogP contribution in [0.25, 0.3) is 10.2 Å². The number of hydrogen-bond donors (Lipinski definition) is 2. The molecular formula is C12H15N3S. The maximum Gasteiger partial charge on any atom is 0.0907 e. The summed E-state index contributed by atoms with van der Waals surface area (Å²) in [7, 11) is 0. The third kappa shape index (κ3) is 1.90. The molecular weight excluding hydrogens is 218 g/mol. The van der Waals surface area contributed by atoms with Crippen LogP contribution in [0.4, 0.5) is 5.69 Å². The number of aryl methyl sites for hydroxylation is 1. The minimum Gasteiger partial charge on any atom is -0.381 e. The Morgan fingerprint density at radius 3 is 3.25 bits per heavy atom. The average molecular weight is 233 g/mol. The SMILES string of the molecule is Cc1nc2ccc(NC3CCNC3)cc2s1. The van der Waals surface area contributed by atoms with Gasteiger partial charge in [0.15, 0.2) is 0 Å². The second kappa shape index (κ2) is 4.03. The summed E-state index contributed by atoms with van der Waals surface area (Å²) in [5.41, 5.74) is 2.32. The Morgan fingerprint density at radius 2 is 2.44 bits per heavy atom. The molecule has 0 radical (unpaired) electrons. The van der Waals surface area contributed by atoms with Crippen LogP contribution in [-0.4, -0.2) is 24.1 Å². The molecule has 0 bridgehead atoms. The number of fused-ring (bicyclic) bond motifs is 1. The predicted octanol–water partition coefficient (Wildman–Crippen LogP) is 2.38. The normalized spacial score (nSPS) is 20.4. The van der Waals surface area contributed by atoms with Gasteiger partial charge in [-0.1, -0.05) is 0 Å². The van der Waals surface area contributed by atoms with Gasteiger partial charge in [0.05, 0.1) is 15.2 Å². The number of anilines is 1. The van der Waals surface area contributed by atoms with Crippen molar-refractivity contribution in [3.63, 3.8) is 0 Å². The summed E-state index contributed by atoms with van der Waals surface area (Å²) in [4.78, 5) is 4.46. The predicted molar refractivity (Wildman–Crippen MR) is 69.3 cm³/mol. The van der Waals surface area contributed by atoms with E-state index in [1.54, 1.807) is 11.3 Å². The van der Waals surface area contributed by atoms with Crippen molar-refractivity contribution in [2.45, 2.75) is 19.4 Å². The second-order valence-corrected chi connectivity index (χ2v) is 5.48. The van der Waals surface area contributed by atoms with Crippen LogP contribution in [-0.2, 0) is 0 Å². The van der Waals surface area contributed by atoms with E-state index in [-0.39, 0.29) is 0 Å². The number of rotatable bonds is 2. The lowest BCUT2D eigenvalue weighted by Gasteiger charge is -2.12. The van der Waals surface area contributed by atoms with Gasteiger partial charge >= 0.3 is 0 Å². The first-order valence-corrected chi connectivity index (χ1v) is 6.47. The topological polar surface area (TPSA) is 37.0 Å². The highest BCUT2D eigenvalue weighted by Crippen LogP contribution is 2.25. The summed E-state index contributed by atoms with van der Waals surface area (Å²) in [6, 6.07) is 7.01. The fourth-order valence-corrected chi connectivity index (χ4v) is 3.01. The molecule has 1 fully saturated rings. The number of thiazole rings is 1. The molecule has 2 heterocycles. The van der Waals surface area contributed by atoms with Crippen molar-refractivity contribution >= 4 is 27.2 Å². The molecule has 4 heteroatoms. The Hall–Kier alpha value is -1.13. The van der Waals surface area contributed by atoms with Gasteiger partial charge in [-0.3, -0.25) is 0 Å². The zero-order valence-electron chi connectivity index (χ0n) is 9.29. The van der Waals surface area contributed by atoms with Crippen molar-refractivity contribution in [3.8, 4) is 0 Å². The average Bonchev–Trinajstić information content (AvgIpc) is 2.85. The molecule has 84 valence electrons. The fourth-order valence-electron chi connectivity index (χ4n) is 2.14. The van der Waals surface area contributed by atoms with Crippen LogP contribution >= 0.6 is 11.3 Å². The lowest BCUT2D eigenvalue weighted by atomic mass is 10.2. The fraction of sp³-hybridized carbons (Fsp3) is 0.417. The zero-order valence-corrected chi connectivity index (χ0v) is 10.1. The van der Waals surface area contributed by atoms with E-state index < -0.39 is 0 Å². The first-order valence-electron chi connectivity index (χ1n) is 5.66. The summed E-state index contributed by atoms with van der Waals surface area (Å²) in [6.45, 7) is 4.25. The summed E-state index contributed by atoms with van der Waals surface area (Å²) in [5.74, 6) is 0. The molecule has 1 atom stereocenters. The molecule has 0 amide bonds. The lowest BCUT2D eigenvalue weighted by Crippen LogP contribution is -2.21. The summed E-state index contributed by atoms with van der Waals surface area (Å²) >= 11 is 1.76. The van der Waals surface area contributed by atoms with Crippen LogP contribution in [0.3, 0.4) is 0 Å². The van der Waals surface area contributed by atoms with Gasteiger partial charge in [0.1, 0.15) is 0 Å². The van der Waals surface area contributed by atoms with Gasteiger partial charge in [0.25, 0.3) is 0 Å². The number of nitrogens with zero attached hydrogens (tertiary/aromatic N) is 1. The van der Waals surface area contributed by atoms with Gasteiger partial charge in [0.2, 0.25) is 0 Å². The molecule has 1 unspecified atom stereocenters. The summed E-state index contributed by atoms with van der Waals surface area (Å²) in [6.07, 6.45) is 1.21. The zero-order chi connectivity index (χ0) is 11.0. The third-order valence-electron chi connectivity index (χ3n) is 2.93. The molecule has 2 aromatic rings. The molecule has 3 rings (SSSR count). The third-order valence-corrected chi connectivity index (χ3v) is 3.86. The molecule has 3 nitrogen and oxygen atoms in total. The minimum atomic E-state index is 0.575. The Bertz CT molecular complexity index is 500. The van der Waals surface area contributed by atoms with Crippen LogP contribution in [0.15, 0.2) is 18.2 Å². The van der Waals surface area contributed by atoms with Gasteiger partial charge in [-0.15, -0.1) is 11.3 Å². The standard InChI is InChI=1S/C12H15N3S/c1-8-14-11-3-2-9(6-12(11)16-8)15-10-4-5-13-7-10/h2-3,6,10,13,15H,4-5,7H2,1H3. The van der Waals surface area contributed by atoms with Crippen molar-refractivity contribution in [2.24, 2.45) is 0 Å². The van der Waals surface area contributed by atoms with Gasteiger partial charge in [-0.25, -0.2) is 4.98 Å². The van der Waals surface area contributed by atoms with Crippen LogP contribution < -0.4 is 10.6 Å². The van der Waals surface area contributed by atoms with Gasteiger partial charge in [-0.05, 0) is 38.1 Å². The first kappa shape index (κ1) is 10.1. The molecule has 16 heavy (non-hydrogen) atoms. The van der Waals surface area contributed by atoms with E-state index in [1.807, 2.05) is 0 Å². The Balaban J connectivity index is 1.86. The molecule has 0 aliphatic carbocycles. The van der Waals surface area contributed by atoms with Crippen molar-refractivity contribution < 1.29 is 0 Å². The maximum atomic E-state index is 4.46. The Labute approximate surface area is 98.9 Å². The monoisotopic (exact) mass is 233 g/mol. The molecule has 1 aliphatic rings. The second-order valence-electron chi connectivity index (χ2n) is 4.25. The van der Waals surface area contributed by atoms with E-state index in [4.69, 9.17) is 0 Å². The van der Waals surface area contributed by atoms with Crippen molar-refractivity contribution in [3.05, 3.63) is 23.2 Å². The van der Waals surface area contributed by atoms with Crippen molar-refractivity contribution in [1.29, 1.82) is 0 Å². The van der Waals surface area contributed by atoms with E-state index in [0.717, 1.165) is 23.6 Å². The Morgan fingerprint density at radius 1 is 1.50 bits per heavy atom. The molecule has 1 aliphatic heterocycles. The number of aromatic nitrogens is 1. The maximum absolute atomic E-state index is 4.46. The Kier molecular flexibility index (Phi) is 2.53. The number of hydrogen-bond acceptors (Lipinski definition) is 4. The highest BCUT2D eigenvalue weighted by atomic mass is 32.1. The minimum absolute atomic E-state index is 0.575. The molecule has 1 saturated heterocycles. The lowest BCUT2D eigenvalue weighted by molar-refractivity contribution is 0.794. The molecule has 1 aromatic carbocycles. The smallest absolute Gasteiger partial charge is 0.0907 e. The van der Waals surface area contributed by atoms with E-state index >= 15 is 0 Å². The van der Waals surface area contributed by atoms with E-state index in [9.17, 15) is 0 Å². The first-order chi connectivity index (χ1) is 7.81. The largest absolute Gasteiger partial charge is 0.381 e. The molecule has 0 saturated carbocycles. The van der Waals surface area contributed by atoms with Crippen LogP contribution in [0, 0.1) is 6.92 Å². The molecule has 0 spiro atoms. The van der Waals surface area contributed by atoms with Gasteiger partial charge in [0, 0.05) is 18.3 Å². The highest BCUT2D eigenvalue weighted by molar-refractivity contribution is 7.18. The summed E-state index contributed by atoms with van der Waals surface area (Å²) in [5, 5.41) is 8.05. The van der Waals surface area contributed by atoms with Crippen LogP contribution in [0.5, 0.6) is 0 Å². The molecule has 1 aromatic heterocycles. The number of benzene rings is 1.